The second-order valence-corrected chi connectivity index (χ2v) is 10.1. The molecule has 1 aromatic heterocycles. The lowest BCUT2D eigenvalue weighted by Crippen LogP contribution is -2.49. The monoisotopic (exact) mass is 470 g/mol. The lowest BCUT2D eigenvalue weighted by Gasteiger charge is -2.38. The molecule has 0 unspecified atom stereocenters. The summed E-state index contributed by atoms with van der Waals surface area (Å²) in [5, 5.41) is 16.0. The van der Waals surface area contributed by atoms with Crippen LogP contribution >= 0.6 is 0 Å². The first-order chi connectivity index (χ1) is 16.7. The molecule has 2 heterocycles. The van der Waals surface area contributed by atoms with Gasteiger partial charge in [-0.25, -0.2) is 4.98 Å². The smallest absolute Gasteiger partial charge is 0.291 e. The minimum absolute atomic E-state index is 0.109. The fraction of sp³-hybridized carbons (Fsp3) is 0.423. The van der Waals surface area contributed by atoms with E-state index in [4.69, 9.17) is 11.8 Å². The number of hydrogen-bond donors (Lipinski definition) is 2. The third kappa shape index (κ3) is 5.20. The van der Waals surface area contributed by atoms with Crippen molar-refractivity contribution in [1.82, 2.24) is 19.8 Å². The zero-order chi connectivity index (χ0) is 25.2. The summed E-state index contributed by atoms with van der Waals surface area (Å²) in [7, 11) is 3.90. The number of likely N-dealkylation sites (N-methyl/N-ethyl adjacent to an activating group) is 2. The summed E-state index contributed by atoms with van der Waals surface area (Å²) in [5.41, 5.74) is 4.59. The number of nitrogens with zero attached hydrogens (tertiary/aromatic N) is 6. The van der Waals surface area contributed by atoms with Crippen LogP contribution in [0, 0.1) is 23.3 Å². The molecule has 0 saturated carbocycles. The van der Waals surface area contributed by atoms with Crippen molar-refractivity contribution in [3.63, 3.8) is 0 Å². The Morgan fingerprint density at radius 1 is 1.34 bits per heavy atom. The van der Waals surface area contributed by atoms with Crippen molar-refractivity contribution in [2.45, 2.75) is 39.0 Å². The van der Waals surface area contributed by atoms with Gasteiger partial charge in [-0.1, -0.05) is 26.0 Å². The number of carbonyl (C=O) groups excluding carboxylic acids is 1. The van der Waals surface area contributed by atoms with Crippen LogP contribution in [-0.2, 0) is 0 Å². The number of aromatic nitrogens is 2. The minimum Gasteiger partial charge on any atom is -0.339 e. The summed E-state index contributed by atoms with van der Waals surface area (Å²) >= 11 is 0. The number of imidazole rings is 1. The molecule has 4 rings (SSSR count). The lowest BCUT2D eigenvalue weighted by molar-refractivity contribution is 0.101. The van der Waals surface area contributed by atoms with Crippen molar-refractivity contribution in [3.05, 3.63) is 64.6 Å². The third-order valence-electron chi connectivity index (χ3n) is 6.80. The Morgan fingerprint density at radius 3 is 2.69 bits per heavy atom. The van der Waals surface area contributed by atoms with Gasteiger partial charge in [0.25, 0.3) is 11.9 Å². The fourth-order valence-corrected chi connectivity index (χ4v) is 4.77. The average Bonchev–Trinajstić information content (AvgIpc) is 3.31. The Kier molecular flexibility index (Phi) is 6.61. The molecule has 1 amide bonds. The number of nitrogens with one attached hydrogen (secondary N) is 2. The highest BCUT2D eigenvalue weighted by Gasteiger charge is 2.30. The highest BCUT2D eigenvalue weighted by Crippen LogP contribution is 2.41. The zero-order valence-corrected chi connectivity index (χ0v) is 20.6. The fourth-order valence-electron chi connectivity index (χ4n) is 4.77. The number of amides is 1. The molecule has 1 fully saturated rings. The van der Waals surface area contributed by atoms with Gasteiger partial charge in [0.2, 0.25) is 0 Å². The summed E-state index contributed by atoms with van der Waals surface area (Å²) in [6.07, 6.45) is 6.70. The number of H-pyrrole nitrogens is 1. The largest absolute Gasteiger partial charge is 0.339 e. The molecule has 180 valence electrons. The van der Waals surface area contributed by atoms with Gasteiger partial charge in [0.15, 0.2) is 11.5 Å². The minimum atomic E-state index is -0.380. The quantitative estimate of drug-likeness (QED) is 0.513. The Balaban J connectivity index is 1.66. The molecular formula is C26H30N8O. The van der Waals surface area contributed by atoms with Crippen molar-refractivity contribution in [2.24, 2.45) is 10.5 Å². The predicted molar refractivity (Wildman–Crippen MR) is 135 cm³/mol. The molecule has 0 radical (unpaired) electrons. The Labute approximate surface area is 206 Å². The van der Waals surface area contributed by atoms with Gasteiger partial charge in [-0.05, 0) is 47.9 Å². The molecule has 1 aromatic carbocycles. The summed E-state index contributed by atoms with van der Waals surface area (Å²) in [6.45, 7) is 13.1. The van der Waals surface area contributed by atoms with E-state index >= 15 is 0 Å². The van der Waals surface area contributed by atoms with E-state index in [0.717, 1.165) is 43.6 Å². The van der Waals surface area contributed by atoms with Crippen LogP contribution in [0.25, 0.3) is 10.5 Å². The maximum absolute atomic E-state index is 12.9. The van der Waals surface area contributed by atoms with E-state index in [9.17, 15) is 4.79 Å². The molecule has 9 nitrogen and oxygen atoms in total. The van der Waals surface area contributed by atoms with Gasteiger partial charge in [-0.15, -0.1) is 4.95 Å². The topological polar surface area (TPSA) is 105 Å². The normalized spacial score (nSPS) is 19.4. The van der Waals surface area contributed by atoms with E-state index in [0.29, 0.717) is 5.96 Å². The summed E-state index contributed by atoms with van der Waals surface area (Å²) < 4.78 is 0. The van der Waals surface area contributed by atoms with Gasteiger partial charge in [0, 0.05) is 50.6 Å². The average molecular weight is 471 g/mol. The van der Waals surface area contributed by atoms with Crippen LogP contribution in [0.2, 0.25) is 0 Å². The van der Waals surface area contributed by atoms with Crippen LogP contribution in [-0.4, -0.2) is 58.8 Å². The van der Waals surface area contributed by atoms with Crippen LogP contribution in [0.3, 0.4) is 0 Å². The standard InChI is InChI=1S/C26H30N8O/c1-26(2)10-8-17(9-11-26)21-12-18(19-15-33(4)25(32-28-3)34(5)16-19)6-7-22(21)31-24(35)23-29-14-20(13-27)30-23/h6-8,12,14,19H,9-11,15-16H2,1-2,4-5H3,(H,29,30)(H,31,35). The van der Waals surface area contributed by atoms with E-state index in [1.165, 1.54) is 17.3 Å². The molecule has 0 bridgehead atoms. The molecular weight excluding hydrogens is 440 g/mol. The van der Waals surface area contributed by atoms with Gasteiger partial charge in [-0.2, -0.15) is 11.8 Å². The number of carbonyl (C=O) groups is 1. The number of benzene rings is 1. The summed E-state index contributed by atoms with van der Waals surface area (Å²) in [5.74, 6) is 0.627. The number of allylic oxidation sites excluding steroid dienone is 2. The van der Waals surface area contributed by atoms with Crippen molar-refractivity contribution < 1.29 is 4.79 Å². The van der Waals surface area contributed by atoms with Crippen LogP contribution in [0.5, 0.6) is 0 Å². The third-order valence-corrected chi connectivity index (χ3v) is 6.80. The molecule has 1 saturated heterocycles. The van der Waals surface area contributed by atoms with Crippen molar-refractivity contribution in [3.8, 4) is 6.07 Å². The second kappa shape index (κ2) is 9.63. The predicted octanol–water partition coefficient (Wildman–Crippen LogP) is 4.28. The number of rotatable bonds is 4. The van der Waals surface area contributed by atoms with Gasteiger partial charge in [-0.3, -0.25) is 4.79 Å². The molecule has 2 aliphatic rings. The molecule has 0 spiro atoms. The molecule has 1 aliphatic carbocycles. The van der Waals surface area contributed by atoms with E-state index < -0.39 is 0 Å². The molecule has 2 aromatic rings. The van der Waals surface area contributed by atoms with Gasteiger partial charge < -0.3 is 20.1 Å². The number of anilines is 1. The first-order valence-corrected chi connectivity index (χ1v) is 11.7. The first kappa shape index (κ1) is 24.0. The Morgan fingerprint density at radius 2 is 2.09 bits per heavy atom. The van der Waals surface area contributed by atoms with Crippen LogP contribution in [0.4, 0.5) is 5.69 Å². The van der Waals surface area contributed by atoms with E-state index in [1.807, 2.05) is 36.0 Å². The van der Waals surface area contributed by atoms with Gasteiger partial charge in [0.05, 0.1) is 0 Å². The Bertz CT molecular complexity index is 1260. The maximum atomic E-state index is 12.9. The SMILES string of the molecule is [C-]#[N+]N=C1N(C)CC(c2ccc(NC(=O)c3nc(C#N)c[nH]3)c(C3=CCC(C)(C)CC3)c2)CN1C. The number of aromatic amines is 1. The second-order valence-electron chi connectivity index (χ2n) is 10.1. The molecule has 9 heteroatoms. The highest BCUT2D eigenvalue weighted by molar-refractivity contribution is 6.03. The van der Waals surface area contributed by atoms with Crippen LogP contribution < -0.4 is 5.32 Å². The van der Waals surface area contributed by atoms with E-state index in [2.05, 4.69) is 57.4 Å². The molecule has 0 atom stereocenters. The molecule has 2 N–H and O–H groups in total. The van der Waals surface area contributed by atoms with Crippen molar-refractivity contribution >= 4 is 23.1 Å². The van der Waals surface area contributed by atoms with Crippen LogP contribution in [0.15, 0.2) is 35.6 Å². The van der Waals surface area contributed by atoms with Gasteiger partial charge in [0.1, 0.15) is 11.2 Å². The number of guanidine groups is 1. The van der Waals surface area contributed by atoms with Crippen molar-refractivity contribution in [2.75, 3.05) is 32.5 Å². The maximum Gasteiger partial charge on any atom is 0.291 e. The highest BCUT2D eigenvalue weighted by atomic mass is 16.2. The number of nitriles is 1. The first-order valence-electron chi connectivity index (χ1n) is 11.7. The van der Waals surface area contributed by atoms with Crippen LogP contribution in [0.1, 0.15) is 66.5 Å². The van der Waals surface area contributed by atoms with Gasteiger partial charge >= 0.3 is 0 Å². The Hall–Kier alpha value is -4.11. The van der Waals surface area contributed by atoms with E-state index in [-0.39, 0.29) is 28.8 Å². The lowest BCUT2D eigenvalue weighted by atomic mass is 9.76. The molecule has 1 aliphatic heterocycles. The summed E-state index contributed by atoms with van der Waals surface area (Å²) in [4.78, 5) is 26.9. The zero-order valence-electron chi connectivity index (χ0n) is 20.6. The van der Waals surface area contributed by atoms with Crippen molar-refractivity contribution in [1.29, 1.82) is 5.26 Å². The number of hydrogen-bond acceptors (Lipinski definition) is 4. The molecule has 35 heavy (non-hydrogen) atoms. The van der Waals surface area contributed by atoms with E-state index in [1.54, 1.807) is 0 Å². The summed E-state index contributed by atoms with van der Waals surface area (Å²) in [6, 6.07) is 8.13.